The van der Waals surface area contributed by atoms with Crippen molar-refractivity contribution < 1.29 is 19.6 Å². The molecule has 0 spiro atoms. The summed E-state index contributed by atoms with van der Waals surface area (Å²) in [6.45, 7) is -0.0234. The summed E-state index contributed by atoms with van der Waals surface area (Å²) < 4.78 is 0. The molecule has 0 heterocycles. The van der Waals surface area contributed by atoms with Gasteiger partial charge in [-0.25, -0.2) is 5.48 Å². The van der Waals surface area contributed by atoms with Crippen molar-refractivity contribution in [2.24, 2.45) is 0 Å². The summed E-state index contributed by atoms with van der Waals surface area (Å²) in [6.07, 6.45) is 10.3. The average Bonchev–Trinajstić information content (AvgIpc) is 3.68. The van der Waals surface area contributed by atoms with Crippen LogP contribution in [0, 0.1) is 23.7 Å². The molecule has 1 atom stereocenters. The molecule has 3 amide bonds. The second-order valence-corrected chi connectivity index (χ2v) is 7.68. The molecule has 5 N–H and O–H groups in total. The van der Waals surface area contributed by atoms with Crippen molar-refractivity contribution in [3.8, 4) is 23.7 Å². The Kier molecular flexibility index (Phi) is 8.84. The predicted octanol–water partition coefficient (Wildman–Crippen LogP) is 0.790. The Hall–Kier alpha value is -3.85. The number of carbonyl (C=O) groups excluding carboxylic acids is 3. The normalized spacial score (nSPS) is 15.0. The number of hydroxylamine groups is 1. The van der Waals surface area contributed by atoms with E-state index >= 15 is 0 Å². The molecule has 1 aromatic rings. The maximum absolute atomic E-state index is 12.5. The zero-order valence-electron chi connectivity index (χ0n) is 18.1. The van der Waals surface area contributed by atoms with Gasteiger partial charge in [0.1, 0.15) is 6.04 Å². The van der Waals surface area contributed by atoms with Gasteiger partial charge < -0.3 is 16.0 Å². The SMILES string of the molecule is O=C(CNC1CC1)NC[C@H](NC(=O)c1ccc(C#CC#CC2=CCCC=C2)cc1)C(=O)NO. The van der Waals surface area contributed by atoms with Gasteiger partial charge in [-0.2, -0.15) is 0 Å². The molecule has 0 aromatic heterocycles. The molecule has 2 aliphatic rings. The first kappa shape index (κ1) is 23.8. The van der Waals surface area contributed by atoms with Gasteiger partial charge in [-0.3, -0.25) is 19.6 Å². The number of hydrogen-bond donors (Lipinski definition) is 5. The van der Waals surface area contributed by atoms with Crippen molar-refractivity contribution in [1.29, 1.82) is 0 Å². The third kappa shape index (κ3) is 8.30. The molecule has 2 aliphatic carbocycles. The van der Waals surface area contributed by atoms with Crippen LogP contribution in [0.4, 0.5) is 0 Å². The summed E-state index contributed by atoms with van der Waals surface area (Å²) in [5, 5.41) is 17.1. The highest BCUT2D eigenvalue weighted by Crippen LogP contribution is 2.17. The Morgan fingerprint density at radius 1 is 1.06 bits per heavy atom. The second-order valence-electron chi connectivity index (χ2n) is 7.68. The molecule has 3 rings (SSSR count). The summed E-state index contributed by atoms with van der Waals surface area (Å²) in [5.41, 5.74) is 3.46. The highest BCUT2D eigenvalue weighted by Gasteiger charge is 2.23. The van der Waals surface area contributed by atoms with Crippen LogP contribution in [0.25, 0.3) is 0 Å². The van der Waals surface area contributed by atoms with Gasteiger partial charge in [0.15, 0.2) is 0 Å². The van der Waals surface area contributed by atoms with E-state index in [4.69, 9.17) is 5.21 Å². The molecule has 0 radical (unpaired) electrons. The number of benzene rings is 1. The Labute approximate surface area is 192 Å². The van der Waals surface area contributed by atoms with Gasteiger partial charge >= 0.3 is 0 Å². The summed E-state index contributed by atoms with van der Waals surface area (Å²) in [5.74, 6) is 9.86. The van der Waals surface area contributed by atoms with Crippen molar-refractivity contribution in [2.75, 3.05) is 13.1 Å². The lowest BCUT2D eigenvalue weighted by molar-refractivity contribution is -0.131. The van der Waals surface area contributed by atoms with Crippen molar-refractivity contribution in [2.45, 2.75) is 37.8 Å². The topological polar surface area (TPSA) is 120 Å². The molecule has 33 heavy (non-hydrogen) atoms. The fourth-order valence-electron chi connectivity index (χ4n) is 2.95. The number of amides is 3. The van der Waals surface area contributed by atoms with Gasteiger partial charge in [-0.05, 0) is 61.8 Å². The smallest absolute Gasteiger partial charge is 0.267 e. The van der Waals surface area contributed by atoms with Gasteiger partial charge in [-0.15, -0.1) is 0 Å². The first-order valence-corrected chi connectivity index (χ1v) is 10.8. The van der Waals surface area contributed by atoms with Crippen LogP contribution in [0.1, 0.15) is 41.6 Å². The summed E-state index contributed by atoms with van der Waals surface area (Å²) in [6, 6.07) is 5.74. The minimum Gasteiger partial charge on any atom is -0.352 e. The molecule has 8 heteroatoms. The van der Waals surface area contributed by atoms with E-state index in [0.29, 0.717) is 17.2 Å². The Morgan fingerprint density at radius 3 is 2.48 bits per heavy atom. The molecule has 1 fully saturated rings. The van der Waals surface area contributed by atoms with Gasteiger partial charge in [0, 0.05) is 29.3 Å². The molecular weight excluding hydrogens is 420 g/mol. The lowest BCUT2D eigenvalue weighted by Crippen LogP contribution is -2.52. The molecule has 8 nitrogen and oxygen atoms in total. The van der Waals surface area contributed by atoms with E-state index in [-0.39, 0.29) is 19.0 Å². The molecule has 0 saturated heterocycles. The summed E-state index contributed by atoms with van der Waals surface area (Å²) >= 11 is 0. The van der Waals surface area contributed by atoms with E-state index in [1.807, 2.05) is 6.08 Å². The van der Waals surface area contributed by atoms with Gasteiger partial charge in [-0.1, -0.05) is 30.1 Å². The average molecular weight is 447 g/mol. The maximum Gasteiger partial charge on any atom is 0.267 e. The largest absolute Gasteiger partial charge is 0.352 e. The quantitative estimate of drug-likeness (QED) is 0.230. The Bertz CT molecular complexity index is 1060. The number of nitrogens with one attached hydrogen (secondary N) is 4. The molecule has 170 valence electrons. The van der Waals surface area contributed by atoms with E-state index in [1.165, 1.54) is 5.48 Å². The highest BCUT2D eigenvalue weighted by molar-refractivity contribution is 5.97. The van der Waals surface area contributed by atoms with Crippen molar-refractivity contribution >= 4 is 17.7 Å². The number of allylic oxidation sites excluding steroid dienone is 4. The fourth-order valence-corrected chi connectivity index (χ4v) is 2.95. The van der Waals surface area contributed by atoms with E-state index in [2.05, 4.69) is 51.8 Å². The first-order chi connectivity index (χ1) is 16.0. The van der Waals surface area contributed by atoms with E-state index in [9.17, 15) is 14.4 Å². The summed E-state index contributed by atoms with van der Waals surface area (Å²) in [7, 11) is 0. The maximum atomic E-state index is 12.5. The predicted molar refractivity (Wildman–Crippen MR) is 123 cm³/mol. The molecule has 0 unspecified atom stereocenters. The van der Waals surface area contributed by atoms with Crippen molar-refractivity contribution in [3.63, 3.8) is 0 Å². The van der Waals surface area contributed by atoms with E-state index < -0.39 is 17.9 Å². The van der Waals surface area contributed by atoms with Crippen molar-refractivity contribution in [3.05, 3.63) is 59.2 Å². The van der Waals surface area contributed by atoms with Crippen LogP contribution in [0.15, 0.2) is 48.1 Å². The van der Waals surface area contributed by atoms with Gasteiger partial charge in [0.05, 0.1) is 6.54 Å². The Morgan fingerprint density at radius 2 is 1.82 bits per heavy atom. The van der Waals surface area contributed by atoms with Gasteiger partial charge in [0.25, 0.3) is 11.8 Å². The van der Waals surface area contributed by atoms with Crippen LogP contribution < -0.4 is 21.4 Å². The minimum atomic E-state index is -1.13. The third-order valence-corrected chi connectivity index (χ3v) is 4.98. The zero-order valence-corrected chi connectivity index (χ0v) is 18.1. The molecule has 1 saturated carbocycles. The monoisotopic (exact) mass is 446 g/mol. The zero-order chi connectivity index (χ0) is 23.5. The first-order valence-electron chi connectivity index (χ1n) is 10.8. The molecular formula is C25H26N4O4. The lowest BCUT2D eigenvalue weighted by Gasteiger charge is -2.17. The molecule has 1 aromatic carbocycles. The number of carbonyl (C=O) groups is 3. The van der Waals surface area contributed by atoms with E-state index in [0.717, 1.165) is 31.3 Å². The highest BCUT2D eigenvalue weighted by atomic mass is 16.5. The van der Waals surface area contributed by atoms with Crippen LogP contribution in [0.2, 0.25) is 0 Å². The lowest BCUT2D eigenvalue weighted by atomic mass is 10.1. The van der Waals surface area contributed by atoms with Crippen LogP contribution >= 0.6 is 0 Å². The molecule has 0 aliphatic heterocycles. The Balaban J connectivity index is 1.52. The fraction of sp³-hybridized carbons (Fsp3) is 0.320. The van der Waals surface area contributed by atoms with Crippen molar-refractivity contribution in [1.82, 2.24) is 21.4 Å². The van der Waals surface area contributed by atoms with E-state index in [1.54, 1.807) is 24.3 Å². The second kappa shape index (κ2) is 12.3. The van der Waals surface area contributed by atoms with Crippen LogP contribution in [-0.4, -0.2) is 48.1 Å². The summed E-state index contributed by atoms with van der Waals surface area (Å²) in [4.78, 5) is 36.3. The van der Waals surface area contributed by atoms with Crippen LogP contribution in [-0.2, 0) is 9.59 Å². The number of hydrogen-bond acceptors (Lipinski definition) is 5. The third-order valence-electron chi connectivity index (χ3n) is 4.98. The van der Waals surface area contributed by atoms with Crippen LogP contribution in [0.5, 0.6) is 0 Å². The minimum absolute atomic E-state index is 0.132. The van der Waals surface area contributed by atoms with Gasteiger partial charge in [0.2, 0.25) is 5.91 Å². The molecule has 0 bridgehead atoms. The standard InChI is InChI=1S/C25H26N4O4/c30-23(17-26-21-14-15-21)27-16-22(25(32)29-33)28-24(31)20-12-10-19(11-13-20)9-5-4-8-18-6-2-1-3-7-18/h2,6-7,10-13,21-22,26,33H,1,3,14-17H2,(H,27,30)(H,28,31)(H,29,32)/t22-/m0/s1. The van der Waals surface area contributed by atoms with Crippen LogP contribution in [0.3, 0.4) is 0 Å². The number of rotatable bonds is 8.